The number of aromatic nitrogens is 4. The number of fused-ring (bicyclic) bond motifs is 13. The predicted molar refractivity (Wildman–Crippen MR) is 248 cm³/mol. The van der Waals surface area contributed by atoms with Gasteiger partial charge in [0.15, 0.2) is 11.6 Å². The van der Waals surface area contributed by atoms with Crippen molar-refractivity contribution in [3.05, 3.63) is 194 Å². The molecule has 0 saturated heterocycles. The number of hydrogen-bond acceptors (Lipinski definition) is 4. The molecule has 0 unspecified atom stereocenters. The van der Waals surface area contributed by atoms with Crippen molar-refractivity contribution in [2.75, 3.05) is 0 Å². The molecule has 0 amide bonds. The van der Waals surface area contributed by atoms with Crippen LogP contribution in [0.25, 0.3) is 127 Å². The van der Waals surface area contributed by atoms with E-state index in [1.807, 2.05) is 12.1 Å². The largest absolute Gasteiger partial charge is 0.455 e. The van der Waals surface area contributed by atoms with Crippen LogP contribution in [-0.4, -0.2) is 19.5 Å². The summed E-state index contributed by atoms with van der Waals surface area (Å²) in [6.45, 7) is 0. The highest BCUT2D eigenvalue weighted by Gasteiger charge is 2.24. The Morgan fingerprint density at radius 1 is 0.350 bits per heavy atom. The second-order valence-corrected chi connectivity index (χ2v) is 15.5. The van der Waals surface area contributed by atoms with Crippen molar-refractivity contribution in [3.8, 4) is 39.9 Å². The Labute approximate surface area is 343 Å². The van der Waals surface area contributed by atoms with E-state index in [1.54, 1.807) is 0 Å². The Balaban J connectivity index is 1.14. The summed E-state index contributed by atoms with van der Waals surface area (Å²) < 4.78 is 8.94. The predicted octanol–water partition coefficient (Wildman–Crippen LogP) is 14.5. The summed E-state index contributed by atoms with van der Waals surface area (Å²) in [5.74, 6) is 1.71. The lowest BCUT2D eigenvalue weighted by Gasteiger charge is -2.14. The standard InChI is InChI=1S/C55H32N4O/c1-5-17-39-33(12-1)16-11-22-40(39)36-24-26-37(27-25-36)53-56-54(47-32-38-15-4-8-20-43(38)52-49(47)46-21-9-10-23-48(46)60-52)58-55(57-53)59-50-41-18-6-2-13-34(41)28-30-44(50)45-31-29-35-14-3-7-19-42(35)51(45)59/h1-32H. The zero-order valence-electron chi connectivity index (χ0n) is 32.2. The molecular formula is C55H32N4O. The third kappa shape index (κ3) is 4.84. The molecule has 0 fully saturated rings. The first-order chi connectivity index (χ1) is 29.7. The van der Waals surface area contributed by atoms with Crippen LogP contribution in [0.3, 0.4) is 0 Å². The molecule has 0 aliphatic heterocycles. The quantitative estimate of drug-likeness (QED) is 0.179. The third-order valence-electron chi connectivity index (χ3n) is 12.2. The second kappa shape index (κ2) is 12.7. The molecule has 3 heterocycles. The van der Waals surface area contributed by atoms with Crippen molar-refractivity contribution in [2.45, 2.75) is 0 Å². The van der Waals surface area contributed by atoms with Crippen LogP contribution in [0.2, 0.25) is 0 Å². The van der Waals surface area contributed by atoms with Crippen molar-refractivity contribution in [3.63, 3.8) is 0 Å². The van der Waals surface area contributed by atoms with Gasteiger partial charge in [0.2, 0.25) is 5.95 Å². The van der Waals surface area contributed by atoms with Gasteiger partial charge < -0.3 is 4.42 Å². The smallest absolute Gasteiger partial charge is 0.238 e. The Morgan fingerprint density at radius 2 is 0.883 bits per heavy atom. The van der Waals surface area contributed by atoms with Crippen LogP contribution < -0.4 is 0 Å². The normalized spacial score (nSPS) is 12.0. The second-order valence-electron chi connectivity index (χ2n) is 15.5. The first kappa shape index (κ1) is 32.9. The summed E-state index contributed by atoms with van der Waals surface area (Å²) in [6, 6.07) is 68.6. The Bertz CT molecular complexity index is 3800. The fourth-order valence-corrected chi connectivity index (χ4v) is 9.47. The first-order valence-corrected chi connectivity index (χ1v) is 20.3. The topological polar surface area (TPSA) is 56.7 Å². The van der Waals surface area contributed by atoms with Gasteiger partial charge in [0.05, 0.1) is 11.0 Å². The molecule has 0 atom stereocenters. The summed E-state index contributed by atoms with van der Waals surface area (Å²) in [6.07, 6.45) is 0. The summed E-state index contributed by atoms with van der Waals surface area (Å²) in [5.41, 5.74) is 7.87. The Kier molecular flexibility index (Phi) is 6.95. The third-order valence-corrected chi connectivity index (χ3v) is 12.2. The van der Waals surface area contributed by atoms with Crippen molar-refractivity contribution < 1.29 is 4.42 Å². The fourth-order valence-electron chi connectivity index (χ4n) is 9.47. The molecule has 278 valence electrons. The maximum Gasteiger partial charge on any atom is 0.238 e. The van der Waals surface area contributed by atoms with Gasteiger partial charge in [0.1, 0.15) is 11.2 Å². The molecule has 0 N–H and O–H groups in total. The average molecular weight is 765 g/mol. The highest BCUT2D eigenvalue weighted by Crippen LogP contribution is 2.43. The fraction of sp³-hybridized carbons (Fsp3) is 0. The molecule has 60 heavy (non-hydrogen) atoms. The lowest BCUT2D eigenvalue weighted by molar-refractivity contribution is 0.672. The van der Waals surface area contributed by atoms with Crippen LogP contribution in [0.5, 0.6) is 0 Å². The zero-order valence-corrected chi connectivity index (χ0v) is 32.2. The maximum absolute atomic E-state index is 6.67. The Morgan fingerprint density at radius 3 is 1.58 bits per heavy atom. The van der Waals surface area contributed by atoms with E-state index in [-0.39, 0.29) is 0 Å². The van der Waals surface area contributed by atoms with Crippen LogP contribution in [0.15, 0.2) is 199 Å². The van der Waals surface area contributed by atoms with Crippen molar-refractivity contribution in [2.24, 2.45) is 0 Å². The van der Waals surface area contributed by atoms with Gasteiger partial charge >= 0.3 is 0 Å². The zero-order chi connectivity index (χ0) is 39.3. The molecule has 0 bridgehead atoms. The van der Waals surface area contributed by atoms with E-state index in [1.165, 1.54) is 16.3 Å². The molecule has 10 aromatic carbocycles. The van der Waals surface area contributed by atoms with Gasteiger partial charge in [-0.1, -0.05) is 182 Å². The minimum atomic E-state index is 0.551. The summed E-state index contributed by atoms with van der Waals surface area (Å²) >= 11 is 0. The molecule has 0 saturated carbocycles. The van der Waals surface area contributed by atoms with Gasteiger partial charge in [-0.05, 0) is 50.2 Å². The minimum absolute atomic E-state index is 0.551. The molecular weight excluding hydrogens is 733 g/mol. The number of hydrogen-bond donors (Lipinski definition) is 0. The molecule has 0 aliphatic carbocycles. The summed E-state index contributed by atoms with van der Waals surface area (Å²) in [4.78, 5) is 16.4. The molecule has 0 aliphatic rings. The molecule has 13 aromatic rings. The van der Waals surface area contributed by atoms with Crippen molar-refractivity contribution in [1.29, 1.82) is 0 Å². The molecule has 5 nitrogen and oxygen atoms in total. The van der Waals surface area contributed by atoms with Crippen LogP contribution in [0.1, 0.15) is 0 Å². The van der Waals surface area contributed by atoms with E-state index in [9.17, 15) is 0 Å². The monoisotopic (exact) mass is 764 g/mol. The highest BCUT2D eigenvalue weighted by molar-refractivity contribution is 6.24. The van der Waals surface area contributed by atoms with Crippen LogP contribution >= 0.6 is 0 Å². The van der Waals surface area contributed by atoms with Crippen LogP contribution in [0.4, 0.5) is 0 Å². The van der Waals surface area contributed by atoms with Gasteiger partial charge in [-0.15, -0.1) is 0 Å². The van der Waals surface area contributed by atoms with Crippen molar-refractivity contribution >= 4 is 86.8 Å². The van der Waals surface area contributed by atoms with Gasteiger partial charge in [-0.3, -0.25) is 4.57 Å². The van der Waals surface area contributed by atoms with Crippen LogP contribution in [-0.2, 0) is 0 Å². The molecule has 3 aromatic heterocycles. The lowest BCUT2D eigenvalue weighted by atomic mass is 9.97. The van der Waals surface area contributed by atoms with E-state index in [0.29, 0.717) is 17.6 Å². The molecule has 0 spiro atoms. The summed E-state index contributed by atoms with van der Waals surface area (Å²) in [7, 11) is 0. The Hall–Kier alpha value is -8.15. The van der Waals surface area contributed by atoms with E-state index >= 15 is 0 Å². The van der Waals surface area contributed by atoms with E-state index < -0.39 is 0 Å². The highest BCUT2D eigenvalue weighted by atomic mass is 16.3. The van der Waals surface area contributed by atoms with E-state index in [0.717, 1.165) is 92.8 Å². The van der Waals surface area contributed by atoms with Gasteiger partial charge in [0, 0.05) is 48.8 Å². The van der Waals surface area contributed by atoms with E-state index in [4.69, 9.17) is 19.4 Å². The van der Waals surface area contributed by atoms with Gasteiger partial charge in [-0.25, -0.2) is 4.98 Å². The average Bonchev–Trinajstić information content (AvgIpc) is 3.88. The minimum Gasteiger partial charge on any atom is -0.455 e. The summed E-state index contributed by atoms with van der Waals surface area (Å²) in [5, 5.41) is 13.4. The number of para-hydroxylation sites is 1. The molecule has 5 heteroatoms. The number of benzene rings is 10. The van der Waals surface area contributed by atoms with Crippen molar-refractivity contribution in [1.82, 2.24) is 19.5 Å². The number of nitrogens with zero attached hydrogens (tertiary/aromatic N) is 4. The number of furan rings is 1. The van der Waals surface area contributed by atoms with Gasteiger partial charge in [0.25, 0.3) is 0 Å². The first-order valence-electron chi connectivity index (χ1n) is 20.3. The lowest BCUT2D eigenvalue weighted by Crippen LogP contribution is -2.07. The van der Waals surface area contributed by atoms with Crippen LogP contribution in [0, 0.1) is 0 Å². The SMILES string of the molecule is c1ccc2c(-c3ccc(-c4nc(-c5cc6ccccc6c6oc7ccccc7c56)nc(-n5c6c7ccccc7ccc6c6ccc7ccccc7c65)n4)cc3)cccc2c1. The van der Waals surface area contributed by atoms with E-state index in [2.05, 4.69) is 187 Å². The molecule has 13 rings (SSSR count). The number of rotatable bonds is 4. The molecule has 0 radical (unpaired) electrons. The van der Waals surface area contributed by atoms with Gasteiger partial charge in [-0.2, -0.15) is 9.97 Å². The maximum atomic E-state index is 6.67.